The SMILES string of the molecule is Cc1nc([C@H]2CCCN(C(=O)C[C@H]3CCc4ccccc43)C2)no1. The molecule has 1 saturated heterocycles. The molecular weight excluding hydrogens is 302 g/mol. The molecule has 0 spiro atoms. The fourth-order valence-electron chi connectivity index (χ4n) is 4.09. The number of aryl methyl sites for hydroxylation is 2. The maximum atomic E-state index is 12.8. The van der Waals surface area contributed by atoms with Crippen LogP contribution in [0.15, 0.2) is 28.8 Å². The number of fused-ring (bicyclic) bond motifs is 1. The Hall–Kier alpha value is -2.17. The summed E-state index contributed by atoms with van der Waals surface area (Å²) in [6.07, 6.45) is 4.83. The molecule has 2 heterocycles. The number of likely N-dealkylation sites (tertiary alicyclic amines) is 1. The van der Waals surface area contributed by atoms with Crippen LogP contribution in [0, 0.1) is 6.92 Å². The highest BCUT2D eigenvalue weighted by atomic mass is 16.5. The molecule has 5 nitrogen and oxygen atoms in total. The van der Waals surface area contributed by atoms with Crippen LogP contribution in [0.4, 0.5) is 0 Å². The van der Waals surface area contributed by atoms with Crippen LogP contribution in [-0.4, -0.2) is 34.0 Å². The Labute approximate surface area is 142 Å². The molecule has 0 bridgehead atoms. The largest absolute Gasteiger partial charge is 0.342 e. The molecule has 0 saturated carbocycles. The van der Waals surface area contributed by atoms with Gasteiger partial charge in [0.1, 0.15) is 0 Å². The van der Waals surface area contributed by atoms with Crippen LogP contribution in [0.25, 0.3) is 0 Å². The molecule has 1 aromatic heterocycles. The maximum Gasteiger partial charge on any atom is 0.223 e. The first-order chi connectivity index (χ1) is 11.7. The van der Waals surface area contributed by atoms with Crippen molar-refractivity contribution >= 4 is 5.91 Å². The topological polar surface area (TPSA) is 59.2 Å². The highest BCUT2D eigenvalue weighted by Gasteiger charge is 2.30. The van der Waals surface area contributed by atoms with Gasteiger partial charge in [-0.3, -0.25) is 4.79 Å². The number of rotatable bonds is 3. The fourth-order valence-corrected chi connectivity index (χ4v) is 4.09. The molecule has 1 aliphatic heterocycles. The van der Waals surface area contributed by atoms with Crippen molar-refractivity contribution in [1.82, 2.24) is 15.0 Å². The van der Waals surface area contributed by atoms with Crippen molar-refractivity contribution in [2.45, 2.75) is 50.9 Å². The van der Waals surface area contributed by atoms with Gasteiger partial charge in [0.15, 0.2) is 5.82 Å². The van der Waals surface area contributed by atoms with Crippen LogP contribution in [0.1, 0.15) is 60.4 Å². The van der Waals surface area contributed by atoms with Crippen molar-refractivity contribution in [1.29, 1.82) is 0 Å². The number of hydrogen-bond donors (Lipinski definition) is 0. The van der Waals surface area contributed by atoms with Crippen LogP contribution < -0.4 is 0 Å². The molecule has 1 aliphatic carbocycles. The van der Waals surface area contributed by atoms with Gasteiger partial charge >= 0.3 is 0 Å². The van der Waals surface area contributed by atoms with Gasteiger partial charge in [-0.15, -0.1) is 0 Å². The van der Waals surface area contributed by atoms with E-state index in [-0.39, 0.29) is 11.8 Å². The first-order valence-corrected chi connectivity index (χ1v) is 8.86. The van der Waals surface area contributed by atoms with E-state index in [2.05, 4.69) is 34.4 Å². The zero-order valence-electron chi connectivity index (χ0n) is 14.1. The smallest absolute Gasteiger partial charge is 0.223 e. The summed E-state index contributed by atoms with van der Waals surface area (Å²) in [6, 6.07) is 8.54. The van der Waals surface area contributed by atoms with Crippen LogP contribution in [0.5, 0.6) is 0 Å². The predicted molar refractivity (Wildman–Crippen MR) is 89.7 cm³/mol. The van der Waals surface area contributed by atoms with E-state index in [0.717, 1.165) is 38.1 Å². The molecule has 1 aromatic carbocycles. The number of carbonyl (C=O) groups is 1. The summed E-state index contributed by atoms with van der Waals surface area (Å²) in [7, 11) is 0. The van der Waals surface area contributed by atoms with Gasteiger partial charge in [0.2, 0.25) is 11.8 Å². The van der Waals surface area contributed by atoms with E-state index in [9.17, 15) is 4.79 Å². The van der Waals surface area contributed by atoms with Gasteiger partial charge in [0.25, 0.3) is 0 Å². The second-order valence-corrected chi connectivity index (χ2v) is 6.99. The Morgan fingerprint density at radius 3 is 3.04 bits per heavy atom. The third-order valence-corrected chi connectivity index (χ3v) is 5.36. The minimum absolute atomic E-state index is 0.205. The molecule has 5 heteroatoms. The van der Waals surface area contributed by atoms with Gasteiger partial charge in [-0.2, -0.15) is 4.98 Å². The number of benzene rings is 1. The zero-order valence-corrected chi connectivity index (χ0v) is 14.1. The molecule has 0 radical (unpaired) electrons. The first kappa shape index (κ1) is 15.4. The van der Waals surface area contributed by atoms with E-state index in [0.29, 0.717) is 24.8 Å². The van der Waals surface area contributed by atoms with Gasteiger partial charge in [-0.1, -0.05) is 29.4 Å². The van der Waals surface area contributed by atoms with Gasteiger partial charge in [0, 0.05) is 32.4 Å². The summed E-state index contributed by atoms with van der Waals surface area (Å²) in [5.74, 6) is 2.19. The average Bonchev–Trinajstić information content (AvgIpc) is 3.22. The van der Waals surface area contributed by atoms with Crippen LogP contribution in [0.3, 0.4) is 0 Å². The Kier molecular flexibility index (Phi) is 4.08. The van der Waals surface area contributed by atoms with Crippen LogP contribution in [0.2, 0.25) is 0 Å². The summed E-state index contributed by atoms with van der Waals surface area (Å²) in [5.41, 5.74) is 2.78. The summed E-state index contributed by atoms with van der Waals surface area (Å²) in [5, 5.41) is 4.04. The standard InChI is InChI=1S/C19H23N3O2/c1-13-20-19(21-24-13)16-6-4-10-22(12-16)18(23)11-15-9-8-14-5-2-3-7-17(14)15/h2-3,5,7,15-16H,4,6,8-12H2,1H3/t15-,16+/m1/s1. The Morgan fingerprint density at radius 2 is 2.21 bits per heavy atom. The number of amides is 1. The third kappa shape index (κ3) is 2.95. The lowest BCUT2D eigenvalue weighted by atomic mass is 9.94. The molecule has 0 unspecified atom stereocenters. The number of aromatic nitrogens is 2. The van der Waals surface area contributed by atoms with Crippen LogP contribution >= 0.6 is 0 Å². The lowest BCUT2D eigenvalue weighted by Crippen LogP contribution is -2.39. The molecular formula is C19H23N3O2. The lowest BCUT2D eigenvalue weighted by Gasteiger charge is -2.32. The zero-order chi connectivity index (χ0) is 16.5. The first-order valence-electron chi connectivity index (χ1n) is 8.86. The van der Waals surface area contributed by atoms with Gasteiger partial charge in [-0.05, 0) is 42.7 Å². The van der Waals surface area contributed by atoms with E-state index in [1.54, 1.807) is 6.92 Å². The van der Waals surface area contributed by atoms with E-state index in [1.165, 1.54) is 11.1 Å². The monoisotopic (exact) mass is 325 g/mol. The molecule has 1 amide bonds. The third-order valence-electron chi connectivity index (χ3n) is 5.36. The van der Waals surface area contributed by atoms with Crippen LogP contribution in [-0.2, 0) is 11.2 Å². The molecule has 2 aliphatic rings. The molecule has 2 atom stereocenters. The molecule has 24 heavy (non-hydrogen) atoms. The Morgan fingerprint density at radius 1 is 1.33 bits per heavy atom. The quantitative estimate of drug-likeness (QED) is 0.869. The minimum Gasteiger partial charge on any atom is -0.342 e. The second-order valence-electron chi connectivity index (χ2n) is 6.99. The van der Waals surface area contributed by atoms with E-state index in [4.69, 9.17) is 4.52 Å². The summed E-state index contributed by atoms with van der Waals surface area (Å²) in [6.45, 7) is 3.37. The normalized spacial score (nSPS) is 23.3. The number of piperidine rings is 1. The van der Waals surface area contributed by atoms with Crippen molar-refractivity contribution < 1.29 is 9.32 Å². The number of carbonyl (C=O) groups excluding carboxylic acids is 1. The van der Waals surface area contributed by atoms with Gasteiger partial charge in [-0.25, -0.2) is 0 Å². The maximum absolute atomic E-state index is 12.8. The molecule has 0 N–H and O–H groups in total. The summed E-state index contributed by atoms with van der Waals surface area (Å²) >= 11 is 0. The van der Waals surface area contributed by atoms with Crippen molar-refractivity contribution in [3.05, 3.63) is 47.1 Å². The van der Waals surface area contributed by atoms with Gasteiger partial charge < -0.3 is 9.42 Å². The van der Waals surface area contributed by atoms with E-state index in [1.807, 2.05) is 4.90 Å². The van der Waals surface area contributed by atoms with E-state index < -0.39 is 0 Å². The molecule has 126 valence electrons. The van der Waals surface area contributed by atoms with Crippen molar-refractivity contribution in [2.75, 3.05) is 13.1 Å². The fraction of sp³-hybridized carbons (Fsp3) is 0.526. The van der Waals surface area contributed by atoms with Gasteiger partial charge in [0.05, 0.1) is 0 Å². The average molecular weight is 325 g/mol. The predicted octanol–water partition coefficient (Wildman–Crippen LogP) is 3.20. The highest BCUT2D eigenvalue weighted by molar-refractivity contribution is 5.77. The molecule has 1 fully saturated rings. The Balaban J connectivity index is 1.41. The highest BCUT2D eigenvalue weighted by Crippen LogP contribution is 2.36. The summed E-state index contributed by atoms with van der Waals surface area (Å²) in [4.78, 5) is 19.2. The summed E-state index contributed by atoms with van der Waals surface area (Å²) < 4.78 is 5.10. The van der Waals surface area contributed by atoms with Crippen molar-refractivity contribution in [2.24, 2.45) is 0 Å². The van der Waals surface area contributed by atoms with E-state index >= 15 is 0 Å². The molecule has 2 aromatic rings. The number of hydrogen-bond acceptors (Lipinski definition) is 4. The second kappa shape index (κ2) is 6.38. The van der Waals surface area contributed by atoms with Crippen molar-refractivity contribution in [3.63, 3.8) is 0 Å². The van der Waals surface area contributed by atoms with Crippen molar-refractivity contribution in [3.8, 4) is 0 Å². The lowest BCUT2D eigenvalue weighted by molar-refractivity contribution is -0.132. The molecule has 4 rings (SSSR count). The Bertz CT molecular complexity index is 740. The minimum atomic E-state index is 0.205. The number of nitrogens with zero attached hydrogens (tertiary/aromatic N) is 3.